The SMILES string of the molecule is CCC(CC)c1ccc(OC)c(C(C)N)c1. The minimum Gasteiger partial charge on any atom is -0.496 e. The summed E-state index contributed by atoms with van der Waals surface area (Å²) in [4.78, 5) is 0. The molecule has 0 saturated carbocycles. The molecule has 2 heteroatoms. The fourth-order valence-electron chi connectivity index (χ4n) is 2.12. The molecule has 0 spiro atoms. The van der Waals surface area contributed by atoms with Gasteiger partial charge < -0.3 is 10.5 Å². The maximum atomic E-state index is 5.96. The van der Waals surface area contributed by atoms with Crippen LogP contribution in [0.1, 0.15) is 56.7 Å². The van der Waals surface area contributed by atoms with Gasteiger partial charge in [0.05, 0.1) is 7.11 Å². The van der Waals surface area contributed by atoms with Crippen molar-refractivity contribution in [1.29, 1.82) is 0 Å². The van der Waals surface area contributed by atoms with Crippen LogP contribution in [0.5, 0.6) is 5.75 Å². The Balaban J connectivity index is 3.10. The largest absolute Gasteiger partial charge is 0.496 e. The lowest BCUT2D eigenvalue weighted by Crippen LogP contribution is -2.08. The molecule has 0 aliphatic carbocycles. The molecule has 0 bridgehead atoms. The van der Waals surface area contributed by atoms with E-state index in [1.807, 2.05) is 13.0 Å². The lowest BCUT2D eigenvalue weighted by molar-refractivity contribution is 0.406. The molecule has 16 heavy (non-hydrogen) atoms. The first kappa shape index (κ1) is 13.0. The number of nitrogens with two attached hydrogens (primary N) is 1. The Morgan fingerprint density at radius 1 is 1.25 bits per heavy atom. The zero-order chi connectivity index (χ0) is 12.1. The van der Waals surface area contributed by atoms with Gasteiger partial charge in [0.25, 0.3) is 0 Å². The molecule has 0 aliphatic rings. The second kappa shape index (κ2) is 5.90. The van der Waals surface area contributed by atoms with Gasteiger partial charge in [-0.1, -0.05) is 26.0 Å². The van der Waals surface area contributed by atoms with Crippen molar-refractivity contribution in [2.24, 2.45) is 5.73 Å². The molecule has 1 unspecified atom stereocenters. The lowest BCUT2D eigenvalue weighted by Gasteiger charge is -2.18. The number of benzene rings is 1. The fourth-order valence-corrected chi connectivity index (χ4v) is 2.12. The Kier molecular flexibility index (Phi) is 4.81. The van der Waals surface area contributed by atoms with Gasteiger partial charge in [0.15, 0.2) is 0 Å². The number of hydrogen-bond donors (Lipinski definition) is 1. The highest BCUT2D eigenvalue weighted by Crippen LogP contribution is 2.30. The number of methoxy groups -OCH3 is 1. The van der Waals surface area contributed by atoms with Gasteiger partial charge in [-0.05, 0) is 37.3 Å². The van der Waals surface area contributed by atoms with Gasteiger partial charge in [0.1, 0.15) is 5.75 Å². The third-order valence-electron chi connectivity index (χ3n) is 3.20. The molecule has 0 aliphatic heterocycles. The summed E-state index contributed by atoms with van der Waals surface area (Å²) >= 11 is 0. The highest BCUT2D eigenvalue weighted by molar-refractivity contribution is 5.40. The summed E-state index contributed by atoms with van der Waals surface area (Å²) in [5, 5.41) is 0. The van der Waals surface area contributed by atoms with E-state index in [0.29, 0.717) is 5.92 Å². The molecule has 1 aromatic carbocycles. The molecule has 1 atom stereocenters. The maximum absolute atomic E-state index is 5.96. The number of ether oxygens (including phenoxy) is 1. The molecule has 1 aromatic rings. The van der Waals surface area contributed by atoms with Crippen LogP contribution in [0, 0.1) is 0 Å². The summed E-state index contributed by atoms with van der Waals surface area (Å²) in [5.74, 6) is 1.52. The molecule has 0 aromatic heterocycles. The van der Waals surface area contributed by atoms with Crippen LogP contribution >= 0.6 is 0 Å². The van der Waals surface area contributed by atoms with Crippen molar-refractivity contribution in [3.8, 4) is 5.75 Å². The van der Waals surface area contributed by atoms with E-state index in [1.54, 1.807) is 7.11 Å². The summed E-state index contributed by atoms with van der Waals surface area (Å²) in [6.07, 6.45) is 2.34. The highest BCUT2D eigenvalue weighted by atomic mass is 16.5. The molecule has 0 heterocycles. The molecule has 2 N–H and O–H groups in total. The average Bonchev–Trinajstić information content (AvgIpc) is 2.30. The quantitative estimate of drug-likeness (QED) is 0.824. The van der Waals surface area contributed by atoms with Gasteiger partial charge in [0.2, 0.25) is 0 Å². The zero-order valence-electron chi connectivity index (χ0n) is 10.8. The van der Waals surface area contributed by atoms with Gasteiger partial charge in [-0.3, -0.25) is 0 Å². The van der Waals surface area contributed by atoms with Gasteiger partial charge in [-0.15, -0.1) is 0 Å². The van der Waals surface area contributed by atoms with Crippen LogP contribution in [-0.4, -0.2) is 7.11 Å². The van der Waals surface area contributed by atoms with E-state index in [9.17, 15) is 0 Å². The van der Waals surface area contributed by atoms with Gasteiger partial charge >= 0.3 is 0 Å². The van der Waals surface area contributed by atoms with Crippen LogP contribution in [0.3, 0.4) is 0 Å². The topological polar surface area (TPSA) is 35.2 Å². The van der Waals surface area contributed by atoms with Crippen molar-refractivity contribution in [3.63, 3.8) is 0 Å². The normalized spacial score (nSPS) is 12.9. The Bertz CT molecular complexity index is 330. The monoisotopic (exact) mass is 221 g/mol. The van der Waals surface area contributed by atoms with E-state index in [2.05, 4.69) is 26.0 Å². The lowest BCUT2D eigenvalue weighted by atomic mass is 9.91. The Hall–Kier alpha value is -1.02. The molecule has 0 saturated heterocycles. The first-order valence-corrected chi connectivity index (χ1v) is 6.07. The summed E-state index contributed by atoms with van der Waals surface area (Å²) < 4.78 is 5.33. The standard InChI is InChI=1S/C14H23NO/c1-5-11(6-2)12-7-8-14(16-4)13(9-12)10(3)15/h7-11H,5-6,15H2,1-4H3. The van der Waals surface area contributed by atoms with Gasteiger partial charge in [-0.2, -0.15) is 0 Å². The molecule has 1 rings (SSSR count). The predicted molar refractivity (Wildman–Crippen MR) is 68.9 cm³/mol. The average molecular weight is 221 g/mol. The van der Waals surface area contributed by atoms with Crippen LogP contribution in [0.4, 0.5) is 0 Å². The number of hydrogen-bond acceptors (Lipinski definition) is 2. The van der Waals surface area contributed by atoms with E-state index in [1.165, 1.54) is 18.4 Å². The molecule has 90 valence electrons. The third kappa shape index (κ3) is 2.76. The van der Waals surface area contributed by atoms with Gasteiger partial charge in [0, 0.05) is 11.6 Å². The Morgan fingerprint density at radius 2 is 1.88 bits per heavy atom. The summed E-state index contributed by atoms with van der Waals surface area (Å²) in [5.41, 5.74) is 8.44. The minimum atomic E-state index is 0.0178. The molecular formula is C14H23NO. The predicted octanol–water partition coefficient (Wildman–Crippen LogP) is 3.62. The van der Waals surface area contributed by atoms with Crippen molar-refractivity contribution in [2.45, 2.75) is 45.6 Å². The second-order valence-electron chi connectivity index (χ2n) is 4.30. The molecule has 0 radical (unpaired) electrons. The number of rotatable bonds is 5. The molecular weight excluding hydrogens is 198 g/mol. The van der Waals surface area contributed by atoms with E-state index in [4.69, 9.17) is 10.5 Å². The van der Waals surface area contributed by atoms with E-state index < -0.39 is 0 Å². The summed E-state index contributed by atoms with van der Waals surface area (Å²) in [6.45, 7) is 6.45. The van der Waals surface area contributed by atoms with Crippen molar-refractivity contribution < 1.29 is 4.74 Å². The molecule has 2 nitrogen and oxygen atoms in total. The molecule has 0 fully saturated rings. The smallest absolute Gasteiger partial charge is 0.123 e. The van der Waals surface area contributed by atoms with Crippen LogP contribution in [0.25, 0.3) is 0 Å². The van der Waals surface area contributed by atoms with Crippen LogP contribution in [0.15, 0.2) is 18.2 Å². The first-order chi connectivity index (χ1) is 7.63. The van der Waals surface area contributed by atoms with Crippen LogP contribution < -0.4 is 10.5 Å². The highest BCUT2D eigenvalue weighted by Gasteiger charge is 2.12. The second-order valence-corrected chi connectivity index (χ2v) is 4.30. The minimum absolute atomic E-state index is 0.0178. The van der Waals surface area contributed by atoms with E-state index in [-0.39, 0.29) is 6.04 Å². The maximum Gasteiger partial charge on any atom is 0.123 e. The van der Waals surface area contributed by atoms with Crippen molar-refractivity contribution in [2.75, 3.05) is 7.11 Å². The molecule has 0 amide bonds. The first-order valence-electron chi connectivity index (χ1n) is 6.07. The Morgan fingerprint density at radius 3 is 2.31 bits per heavy atom. The third-order valence-corrected chi connectivity index (χ3v) is 3.20. The van der Waals surface area contributed by atoms with Crippen molar-refractivity contribution in [1.82, 2.24) is 0 Å². The van der Waals surface area contributed by atoms with Crippen LogP contribution in [0.2, 0.25) is 0 Å². The van der Waals surface area contributed by atoms with E-state index in [0.717, 1.165) is 11.3 Å². The summed E-state index contributed by atoms with van der Waals surface area (Å²) in [6, 6.07) is 6.40. The zero-order valence-corrected chi connectivity index (χ0v) is 10.8. The van der Waals surface area contributed by atoms with E-state index >= 15 is 0 Å². The van der Waals surface area contributed by atoms with Crippen LogP contribution in [-0.2, 0) is 0 Å². The Labute approximate surface area is 98.8 Å². The summed E-state index contributed by atoms with van der Waals surface area (Å²) in [7, 11) is 1.69. The fraction of sp³-hybridized carbons (Fsp3) is 0.571. The van der Waals surface area contributed by atoms with Crippen molar-refractivity contribution >= 4 is 0 Å². The van der Waals surface area contributed by atoms with Gasteiger partial charge in [-0.25, -0.2) is 0 Å². The van der Waals surface area contributed by atoms with Crippen molar-refractivity contribution in [3.05, 3.63) is 29.3 Å².